The van der Waals surface area contributed by atoms with Gasteiger partial charge in [-0.1, -0.05) is 90.9 Å². The molecular weight excluding hydrogens is 535 g/mol. The molecule has 0 radical (unpaired) electrons. The number of aliphatic hydroxyl groups is 1. The van der Waals surface area contributed by atoms with Gasteiger partial charge in [0.2, 0.25) is 0 Å². The second-order valence-electron chi connectivity index (χ2n) is 9.61. The molecule has 200 valence electrons. The fourth-order valence-electron chi connectivity index (χ4n) is 4.00. The van der Waals surface area contributed by atoms with Gasteiger partial charge in [0.1, 0.15) is 5.60 Å². The van der Waals surface area contributed by atoms with E-state index in [9.17, 15) is 24.9 Å². The zero-order valence-corrected chi connectivity index (χ0v) is 25.7. The van der Waals surface area contributed by atoms with Crippen molar-refractivity contribution in [3.8, 4) is 0 Å². The summed E-state index contributed by atoms with van der Waals surface area (Å²) in [7, 11) is 0. The fraction of sp³-hybridized carbons (Fsp3) is 0.929. The molecule has 0 amide bonds. The summed E-state index contributed by atoms with van der Waals surface area (Å²) in [5.41, 5.74) is -2.33. The van der Waals surface area contributed by atoms with Crippen LogP contribution in [0.25, 0.3) is 0 Å². The minimum absolute atomic E-state index is 0.0874. The first-order valence-electron chi connectivity index (χ1n) is 14.2. The van der Waals surface area contributed by atoms with Crippen molar-refractivity contribution in [2.24, 2.45) is 5.92 Å². The molecule has 5 nitrogen and oxygen atoms in total. The molecule has 34 heavy (non-hydrogen) atoms. The number of carboxylic acid groups (broad SMARTS) is 2. The molecule has 1 N–H and O–H groups in total. The summed E-state index contributed by atoms with van der Waals surface area (Å²) in [6, 6.07) is 0. The van der Waals surface area contributed by atoms with Crippen LogP contribution in [0, 0.1) is 5.92 Å². The van der Waals surface area contributed by atoms with Crippen LogP contribution in [0.4, 0.5) is 0 Å². The number of hydrogen-bond acceptors (Lipinski definition) is 5. The molecule has 2 atom stereocenters. The van der Waals surface area contributed by atoms with E-state index >= 15 is 0 Å². The first-order chi connectivity index (χ1) is 16.3. The van der Waals surface area contributed by atoms with Crippen LogP contribution < -0.4 is 10.2 Å². The van der Waals surface area contributed by atoms with Gasteiger partial charge in [-0.25, -0.2) is 0 Å². The third-order valence-corrected chi connectivity index (χ3v) is 10.4. The average Bonchev–Trinajstić information content (AvgIpc) is 2.80. The Labute approximate surface area is 221 Å². The van der Waals surface area contributed by atoms with E-state index in [0.717, 1.165) is 64.2 Å². The third kappa shape index (κ3) is 19.9. The first kappa shape index (κ1) is 35.9. The quantitative estimate of drug-likeness (QED) is 0.126. The SMILES string of the molecule is CCCCCCCCC(C(=O)[O-])C(O)(CCCCCCCC)C(=O)[O-].CCC[CH2][Sn+2][CH2]CCC. The van der Waals surface area contributed by atoms with Gasteiger partial charge in [-0.3, -0.25) is 0 Å². The van der Waals surface area contributed by atoms with Crippen molar-refractivity contribution in [1.29, 1.82) is 0 Å². The molecule has 0 aliphatic carbocycles. The number of aliphatic carboxylic acids is 2. The van der Waals surface area contributed by atoms with Crippen molar-refractivity contribution in [1.82, 2.24) is 0 Å². The van der Waals surface area contributed by atoms with Gasteiger partial charge in [0.05, 0.1) is 5.97 Å². The predicted molar refractivity (Wildman–Crippen MR) is 140 cm³/mol. The molecule has 0 aliphatic heterocycles. The summed E-state index contributed by atoms with van der Waals surface area (Å²) >= 11 is 0.149. The Balaban J connectivity index is 0. The fourth-order valence-corrected chi connectivity index (χ4v) is 8.16. The molecule has 0 saturated heterocycles. The molecule has 0 fully saturated rings. The van der Waals surface area contributed by atoms with Crippen molar-refractivity contribution in [2.75, 3.05) is 0 Å². The van der Waals surface area contributed by atoms with Gasteiger partial charge in [0, 0.05) is 11.9 Å². The van der Waals surface area contributed by atoms with E-state index in [0.29, 0.717) is 12.8 Å². The van der Waals surface area contributed by atoms with Crippen LogP contribution in [0.1, 0.15) is 143 Å². The number of rotatable bonds is 23. The molecule has 6 heteroatoms. The Hall–Kier alpha value is -0.301. The zero-order chi connectivity index (χ0) is 26.1. The molecule has 0 aromatic heterocycles. The second kappa shape index (κ2) is 25.8. The van der Waals surface area contributed by atoms with Crippen LogP contribution in [-0.2, 0) is 9.59 Å². The Morgan fingerprint density at radius 2 is 1.09 bits per heavy atom. The van der Waals surface area contributed by atoms with Crippen LogP contribution in [0.3, 0.4) is 0 Å². The molecule has 0 saturated carbocycles. The molecular formula is C28H54O5Sn. The molecule has 0 spiro atoms. The summed E-state index contributed by atoms with van der Waals surface area (Å²) in [4.78, 5) is 22.9. The summed E-state index contributed by atoms with van der Waals surface area (Å²) < 4.78 is 3.25. The molecule has 0 aromatic rings. The average molecular weight is 589 g/mol. The summed E-state index contributed by atoms with van der Waals surface area (Å²) in [6.45, 7) is 8.81. The third-order valence-electron chi connectivity index (χ3n) is 6.39. The number of unbranched alkanes of at least 4 members (excludes halogenated alkanes) is 12. The van der Waals surface area contributed by atoms with Gasteiger partial charge < -0.3 is 24.9 Å². The normalized spacial score (nSPS) is 13.3. The standard InChI is InChI=1S/C20H38O5.2C4H9.Sn/c1-3-5-7-9-11-13-15-17(18(21)22)20(25,19(23)24)16-14-12-10-8-6-4-2;2*1-3-4-2;/h17,25H,3-16H2,1-2H3,(H,21,22)(H,23,24);2*1,3-4H2,2H3;/q;;;+2/p-2. The predicted octanol–water partition coefficient (Wildman–Crippen LogP) is 5.46. The number of hydrogen-bond donors (Lipinski definition) is 1. The van der Waals surface area contributed by atoms with Crippen molar-refractivity contribution in [3.63, 3.8) is 0 Å². The van der Waals surface area contributed by atoms with Gasteiger partial charge in [-0.05, 0) is 12.8 Å². The van der Waals surface area contributed by atoms with Gasteiger partial charge >= 0.3 is 69.5 Å². The van der Waals surface area contributed by atoms with Gasteiger partial charge in [-0.2, -0.15) is 0 Å². The monoisotopic (exact) mass is 590 g/mol. The second-order valence-corrected chi connectivity index (χ2v) is 13.9. The van der Waals surface area contributed by atoms with E-state index < -0.39 is 23.5 Å². The van der Waals surface area contributed by atoms with E-state index in [1.165, 1.54) is 25.7 Å². The molecule has 0 aliphatic rings. The van der Waals surface area contributed by atoms with Gasteiger partial charge in [-0.15, -0.1) is 0 Å². The molecule has 0 aromatic carbocycles. The van der Waals surface area contributed by atoms with E-state index in [1.54, 1.807) is 8.87 Å². The van der Waals surface area contributed by atoms with E-state index in [4.69, 9.17) is 0 Å². The molecule has 0 rings (SSSR count). The van der Waals surface area contributed by atoms with Crippen LogP contribution in [0.15, 0.2) is 0 Å². The number of carbonyl (C=O) groups is 2. The summed E-state index contributed by atoms with van der Waals surface area (Å²) in [6.07, 6.45) is 17.2. The number of carbonyl (C=O) groups excluding carboxylic acids is 2. The Bertz CT molecular complexity index is 466. The van der Waals surface area contributed by atoms with Gasteiger partial charge in [0.15, 0.2) is 0 Å². The zero-order valence-electron chi connectivity index (χ0n) is 22.8. The number of carboxylic acids is 2. The van der Waals surface area contributed by atoms with Crippen LogP contribution in [0.5, 0.6) is 0 Å². The first-order valence-corrected chi connectivity index (χ1v) is 18.2. The maximum atomic E-state index is 11.5. The van der Waals surface area contributed by atoms with E-state index in [2.05, 4.69) is 27.7 Å². The van der Waals surface area contributed by atoms with E-state index in [-0.39, 0.29) is 34.0 Å². The Morgan fingerprint density at radius 1 is 0.676 bits per heavy atom. The van der Waals surface area contributed by atoms with Gasteiger partial charge in [0.25, 0.3) is 0 Å². The van der Waals surface area contributed by atoms with E-state index in [1.807, 2.05) is 0 Å². The Morgan fingerprint density at radius 3 is 1.50 bits per heavy atom. The summed E-state index contributed by atoms with van der Waals surface area (Å²) in [5.74, 6) is -4.59. The van der Waals surface area contributed by atoms with Crippen molar-refractivity contribution in [2.45, 2.75) is 158 Å². The van der Waals surface area contributed by atoms with Crippen molar-refractivity contribution < 1.29 is 24.9 Å². The van der Waals surface area contributed by atoms with Crippen molar-refractivity contribution >= 4 is 33.1 Å². The van der Waals surface area contributed by atoms with Crippen LogP contribution in [0.2, 0.25) is 8.87 Å². The van der Waals surface area contributed by atoms with Crippen LogP contribution >= 0.6 is 0 Å². The summed E-state index contributed by atoms with van der Waals surface area (Å²) in [5, 5.41) is 33.4. The topological polar surface area (TPSA) is 100 Å². The minimum atomic E-state index is -2.33. The Kier molecular flexibility index (Phi) is 27.2. The van der Waals surface area contributed by atoms with Crippen LogP contribution in [-0.4, -0.2) is 43.8 Å². The molecule has 0 heterocycles. The molecule has 2 unspecified atom stereocenters. The molecule has 0 bridgehead atoms. The van der Waals surface area contributed by atoms with Crippen molar-refractivity contribution in [3.05, 3.63) is 0 Å². The maximum absolute atomic E-state index is 11.5.